The number of rotatable bonds is 1. The van der Waals surface area contributed by atoms with Crippen LogP contribution in [0.15, 0.2) is 35.1 Å². The number of H-pyrrole nitrogens is 2. The largest absolute Gasteiger partial charge is 0.324 e. The third-order valence-electron chi connectivity index (χ3n) is 1.74. The molecule has 66 valence electrons. The minimum atomic E-state index is -0.288. The van der Waals surface area contributed by atoms with Crippen LogP contribution in [0.3, 0.4) is 0 Å². The number of aromatic amines is 2. The van der Waals surface area contributed by atoms with Crippen molar-refractivity contribution in [3.8, 4) is 11.3 Å². The SMILES string of the molecule is O=c1[nH]c(Cl)c(-c2ccccc2)[nH]1. The van der Waals surface area contributed by atoms with E-state index in [9.17, 15) is 4.79 Å². The van der Waals surface area contributed by atoms with Crippen molar-refractivity contribution in [3.63, 3.8) is 0 Å². The second kappa shape index (κ2) is 3.11. The van der Waals surface area contributed by atoms with E-state index in [1.807, 2.05) is 30.3 Å². The molecule has 0 radical (unpaired) electrons. The molecule has 0 saturated heterocycles. The summed E-state index contributed by atoms with van der Waals surface area (Å²) in [5.74, 6) is 0. The minimum Gasteiger partial charge on any atom is -0.304 e. The molecule has 0 atom stereocenters. The molecule has 0 aliphatic heterocycles. The van der Waals surface area contributed by atoms with E-state index in [4.69, 9.17) is 11.6 Å². The fourth-order valence-electron chi connectivity index (χ4n) is 1.17. The molecule has 0 amide bonds. The molecule has 2 N–H and O–H groups in total. The Kier molecular flexibility index (Phi) is 1.94. The molecular formula is C9H7ClN2O. The minimum absolute atomic E-state index is 0.288. The third-order valence-corrected chi connectivity index (χ3v) is 2.03. The van der Waals surface area contributed by atoms with Crippen LogP contribution in [0.4, 0.5) is 0 Å². The fourth-order valence-corrected chi connectivity index (χ4v) is 1.41. The molecule has 1 aromatic heterocycles. The normalized spacial score (nSPS) is 10.2. The van der Waals surface area contributed by atoms with E-state index in [0.29, 0.717) is 10.8 Å². The van der Waals surface area contributed by atoms with Gasteiger partial charge in [0.1, 0.15) is 5.15 Å². The van der Waals surface area contributed by atoms with Crippen LogP contribution in [0.1, 0.15) is 0 Å². The van der Waals surface area contributed by atoms with Gasteiger partial charge in [-0.3, -0.25) is 4.98 Å². The number of nitrogens with one attached hydrogen (secondary N) is 2. The first kappa shape index (κ1) is 8.13. The van der Waals surface area contributed by atoms with Crippen LogP contribution in [0.25, 0.3) is 11.3 Å². The summed E-state index contributed by atoms with van der Waals surface area (Å²) in [5, 5.41) is 0.344. The molecule has 3 nitrogen and oxygen atoms in total. The lowest BCUT2D eigenvalue weighted by Crippen LogP contribution is -2.00. The van der Waals surface area contributed by atoms with Crippen LogP contribution in [0, 0.1) is 0 Å². The maximum atomic E-state index is 10.9. The van der Waals surface area contributed by atoms with E-state index in [-0.39, 0.29) is 5.69 Å². The predicted octanol–water partition coefficient (Wildman–Crippen LogP) is 2.02. The maximum absolute atomic E-state index is 10.9. The fraction of sp³-hybridized carbons (Fsp3) is 0. The maximum Gasteiger partial charge on any atom is 0.324 e. The van der Waals surface area contributed by atoms with E-state index < -0.39 is 0 Å². The molecule has 1 heterocycles. The van der Waals surface area contributed by atoms with E-state index >= 15 is 0 Å². The average molecular weight is 195 g/mol. The standard InChI is InChI=1S/C9H7ClN2O/c10-8-7(11-9(13)12-8)6-4-2-1-3-5-6/h1-5H,(H2,11,12,13). The number of halogens is 1. The first-order valence-electron chi connectivity index (χ1n) is 3.80. The molecular weight excluding hydrogens is 188 g/mol. The Hall–Kier alpha value is -1.48. The highest BCUT2D eigenvalue weighted by atomic mass is 35.5. The van der Waals surface area contributed by atoms with Gasteiger partial charge in [0.25, 0.3) is 0 Å². The van der Waals surface area contributed by atoms with Gasteiger partial charge in [0.15, 0.2) is 0 Å². The first-order valence-corrected chi connectivity index (χ1v) is 4.18. The molecule has 2 aromatic rings. The molecule has 2 rings (SSSR count). The highest BCUT2D eigenvalue weighted by Crippen LogP contribution is 2.21. The van der Waals surface area contributed by atoms with Gasteiger partial charge < -0.3 is 4.98 Å². The lowest BCUT2D eigenvalue weighted by molar-refractivity contribution is 1.19. The van der Waals surface area contributed by atoms with Gasteiger partial charge in [-0.1, -0.05) is 41.9 Å². The molecule has 0 unspecified atom stereocenters. The number of benzene rings is 1. The second-order valence-electron chi connectivity index (χ2n) is 2.63. The highest BCUT2D eigenvalue weighted by Gasteiger charge is 2.05. The Labute approximate surface area is 79.4 Å². The van der Waals surface area contributed by atoms with Crippen molar-refractivity contribution in [2.45, 2.75) is 0 Å². The van der Waals surface area contributed by atoms with Crippen molar-refractivity contribution in [1.82, 2.24) is 9.97 Å². The molecule has 0 bridgehead atoms. The summed E-state index contributed by atoms with van der Waals surface area (Å²) in [6, 6.07) is 9.44. The van der Waals surface area contributed by atoms with Crippen LogP contribution >= 0.6 is 11.6 Å². The Balaban J connectivity index is 2.59. The second-order valence-corrected chi connectivity index (χ2v) is 3.01. The summed E-state index contributed by atoms with van der Waals surface area (Å²) < 4.78 is 0. The summed E-state index contributed by atoms with van der Waals surface area (Å²) in [7, 11) is 0. The number of hydrogen-bond donors (Lipinski definition) is 2. The van der Waals surface area contributed by atoms with Gasteiger partial charge in [0.05, 0.1) is 5.69 Å². The molecule has 0 fully saturated rings. The van der Waals surface area contributed by atoms with Crippen molar-refractivity contribution >= 4 is 11.6 Å². The number of aromatic nitrogens is 2. The summed E-state index contributed by atoms with van der Waals surface area (Å²) in [6.45, 7) is 0. The van der Waals surface area contributed by atoms with Crippen molar-refractivity contribution < 1.29 is 0 Å². The van der Waals surface area contributed by atoms with E-state index in [1.54, 1.807) is 0 Å². The molecule has 0 saturated carbocycles. The van der Waals surface area contributed by atoms with Crippen molar-refractivity contribution in [3.05, 3.63) is 46.0 Å². The van der Waals surface area contributed by atoms with Crippen molar-refractivity contribution in [1.29, 1.82) is 0 Å². The predicted molar refractivity (Wildman–Crippen MR) is 51.9 cm³/mol. The first-order chi connectivity index (χ1) is 6.27. The molecule has 13 heavy (non-hydrogen) atoms. The molecule has 0 aliphatic carbocycles. The molecule has 1 aromatic carbocycles. The van der Waals surface area contributed by atoms with Crippen LogP contribution in [0.2, 0.25) is 5.15 Å². The monoisotopic (exact) mass is 194 g/mol. The smallest absolute Gasteiger partial charge is 0.304 e. The lowest BCUT2D eigenvalue weighted by atomic mass is 10.2. The van der Waals surface area contributed by atoms with Gasteiger partial charge in [0.2, 0.25) is 0 Å². The number of imidazole rings is 1. The van der Waals surface area contributed by atoms with Gasteiger partial charge in [0, 0.05) is 5.56 Å². The number of hydrogen-bond acceptors (Lipinski definition) is 1. The quantitative estimate of drug-likeness (QED) is 0.717. The summed E-state index contributed by atoms with van der Waals surface area (Å²) in [5.41, 5.74) is 1.24. The third kappa shape index (κ3) is 1.51. The Bertz CT molecular complexity index is 458. The van der Waals surface area contributed by atoms with Gasteiger partial charge in [-0.05, 0) is 0 Å². The summed E-state index contributed by atoms with van der Waals surface area (Å²) in [6.07, 6.45) is 0. The topological polar surface area (TPSA) is 48.6 Å². The molecule has 4 heteroatoms. The zero-order valence-corrected chi connectivity index (χ0v) is 7.43. The Morgan fingerprint density at radius 3 is 2.31 bits per heavy atom. The lowest BCUT2D eigenvalue weighted by Gasteiger charge is -1.95. The van der Waals surface area contributed by atoms with Crippen LogP contribution in [0.5, 0.6) is 0 Å². The Morgan fingerprint density at radius 1 is 1.08 bits per heavy atom. The van der Waals surface area contributed by atoms with E-state index in [0.717, 1.165) is 5.56 Å². The van der Waals surface area contributed by atoms with Gasteiger partial charge in [-0.25, -0.2) is 4.79 Å². The van der Waals surface area contributed by atoms with E-state index in [2.05, 4.69) is 9.97 Å². The zero-order valence-electron chi connectivity index (χ0n) is 6.67. The van der Waals surface area contributed by atoms with Crippen molar-refractivity contribution in [2.24, 2.45) is 0 Å². The molecule has 0 aliphatic rings. The zero-order chi connectivity index (χ0) is 9.26. The average Bonchev–Trinajstić information content (AvgIpc) is 2.47. The van der Waals surface area contributed by atoms with Crippen LogP contribution in [-0.4, -0.2) is 9.97 Å². The summed E-state index contributed by atoms with van der Waals surface area (Å²) >= 11 is 5.79. The Morgan fingerprint density at radius 2 is 1.77 bits per heavy atom. The van der Waals surface area contributed by atoms with Crippen LogP contribution < -0.4 is 5.69 Å². The van der Waals surface area contributed by atoms with Crippen molar-refractivity contribution in [2.75, 3.05) is 0 Å². The van der Waals surface area contributed by atoms with E-state index in [1.165, 1.54) is 0 Å². The van der Waals surface area contributed by atoms with Gasteiger partial charge >= 0.3 is 5.69 Å². The molecule has 0 spiro atoms. The summed E-state index contributed by atoms with van der Waals surface area (Å²) in [4.78, 5) is 16.0. The van der Waals surface area contributed by atoms with Gasteiger partial charge in [-0.15, -0.1) is 0 Å². The highest BCUT2D eigenvalue weighted by molar-refractivity contribution is 6.31. The van der Waals surface area contributed by atoms with Gasteiger partial charge in [-0.2, -0.15) is 0 Å². The van der Waals surface area contributed by atoms with Crippen LogP contribution in [-0.2, 0) is 0 Å².